The summed E-state index contributed by atoms with van der Waals surface area (Å²) in [6.07, 6.45) is 0. The van der Waals surface area contributed by atoms with Crippen molar-refractivity contribution < 1.29 is 4.39 Å². The second kappa shape index (κ2) is 4.89. The molecule has 2 aromatic rings. The van der Waals surface area contributed by atoms with Gasteiger partial charge in [-0.1, -0.05) is 27.7 Å². The average Bonchev–Trinajstić information content (AvgIpc) is 2.27. The minimum atomic E-state index is -0.373. The summed E-state index contributed by atoms with van der Waals surface area (Å²) < 4.78 is 14.2. The summed E-state index contributed by atoms with van der Waals surface area (Å²) in [6.45, 7) is 0. The number of hydrogen-bond acceptors (Lipinski definition) is 2. The summed E-state index contributed by atoms with van der Waals surface area (Å²) in [5.74, 6) is -0.373. The Kier molecular flexibility index (Phi) is 3.51. The third-order valence-corrected chi connectivity index (χ3v) is 3.55. The molecule has 0 heterocycles. The molecule has 16 heavy (non-hydrogen) atoms. The number of nitrogens with two attached hydrogens (primary N) is 1. The molecule has 82 valence electrons. The molecule has 0 radical (unpaired) electrons. The lowest BCUT2D eigenvalue weighted by Gasteiger charge is -2.03. The smallest absolute Gasteiger partial charge is 0.147 e. The van der Waals surface area contributed by atoms with Gasteiger partial charge in [-0.2, -0.15) is 0 Å². The van der Waals surface area contributed by atoms with Gasteiger partial charge in [0, 0.05) is 14.3 Å². The summed E-state index contributed by atoms with van der Waals surface area (Å²) >= 11 is 4.87. The first kappa shape index (κ1) is 11.5. The van der Waals surface area contributed by atoms with Crippen molar-refractivity contribution >= 4 is 33.4 Å². The van der Waals surface area contributed by atoms with Gasteiger partial charge in [-0.25, -0.2) is 4.39 Å². The lowest BCUT2D eigenvalue weighted by molar-refractivity contribution is 0.629. The van der Waals surface area contributed by atoms with Gasteiger partial charge in [0.05, 0.1) is 5.69 Å². The molecule has 0 aliphatic heterocycles. The molecule has 0 spiro atoms. The van der Waals surface area contributed by atoms with Crippen LogP contribution in [0.15, 0.2) is 56.7 Å². The van der Waals surface area contributed by atoms with Crippen LogP contribution in [0.4, 0.5) is 10.1 Å². The topological polar surface area (TPSA) is 26.0 Å². The maximum absolute atomic E-state index is 13.2. The predicted molar refractivity (Wildman–Crippen MR) is 69.1 cm³/mol. The zero-order valence-electron chi connectivity index (χ0n) is 8.28. The Hall–Kier alpha value is -1.00. The van der Waals surface area contributed by atoms with Crippen molar-refractivity contribution in [3.8, 4) is 0 Å². The molecule has 2 rings (SSSR count). The van der Waals surface area contributed by atoms with Crippen molar-refractivity contribution in [1.82, 2.24) is 0 Å². The lowest BCUT2D eigenvalue weighted by Crippen LogP contribution is -1.89. The maximum Gasteiger partial charge on any atom is 0.147 e. The molecular formula is C12H9BrFNS. The number of halogens is 2. The molecule has 4 heteroatoms. The van der Waals surface area contributed by atoms with Gasteiger partial charge >= 0.3 is 0 Å². The first-order valence-corrected chi connectivity index (χ1v) is 6.24. The molecule has 2 N–H and O–H groups in total. The van der Waals surface area contributed by atoms with Crippen molar-refractivity contribution in [2.24, 2.45) is 0 Å². The second-order valence-corrected chi connectivity index (χ2v) is 5.30. The zero-order chi connectivity index (χ0) is 11.5. The van der Waals surface area contributed by atoms with Crippen LogP contribution < -0.4 is 5.73 Å². The molecule has 0 bridgehead atoms. The van der Waals surface area contributed by atoms with E-state index in [4.69, 9.17) is 5.73 Å². The van der Waals surface area contributed by atoms with Crippen molar-refractivity contribution in [3.63, 3.8) is 0 Å². The van der Waals surface area contributed by atoms with Crippen LogP contribution in [0.1, 0.15) is 0 Å². The van der Waals surface area contributed by atoms with E-state index in [0.717, 1.165) is 14.3 Å². The van der Waals surface area contributed by atoms with E-state index >= 15 is 0 Å². The number of hydrogen-bond donors (Lipinski definition) is 1. The number of rotatable bonds is 2. The zero-order valence-corrected chi connectivity index (χ0v) is 10.7. The van der Waals surface area contributed by atoms with Crippen LogP contribution in [0, 0.1) is 5.82 Å². The third-order valence-electron chi connectivity index (χ3n) is 2.02. The Morgan fingerprint density at radius 3 is 2.25 bits per heavy atom. The van der Waals surface area contributed by atoms with Crippen LogP contribution in [-0.2, 0) is 0 Å². The first-order valence-electron chi connectivity index (χ1n) is 4.63. The molecule has 0 fully saturated rings. The maximum atomic E-state index is 13.2. The molecule has 0 atom stereocenters. The molecule has 0 saturated carbocycles. The van der Waals surface area contributed by atoms with E-state index in [2.05, 4.69) is 15.9 Å². The highest BCUT2D eigenvalue weighted by Crippen LogP contribution is 2.30. The number of nitrogen functional groups attached to an aromatic ring is 1. The van der Waals surface area contributed by atoms with E-state index in [9.17, 15) is 4.39 Å². The molecule has 2 aromatic carbocycles. The highest BCUT2D eigenvalue weighted by Gasteiger charge is 2.02. The minimum Gasteiger partial charge on any atom is -0.396 e. The Balaban J connectivity index is 2.20. The lowest BCUT2D eigenvalue weighted by atomic mass is 10.3. The molecular weight excluding hydrogens is 289 g/mol. The van der Waals surface area contributed by atoms with Gasteiger partial charge in [-0.15, -0.1) is 0 Å². The van der Waals surface area contributed by atoms with E-state index in [-0.39, 0.29) is 11.5 Å². The monoisotopic (exact) mass is 297 g/mol. The van der Waals surface area contributed by atoms with E-state index in [1.165, 1.54) is 17.8 Å². The Morgan fingerprint density at radius 1 is 1.00 bits per heavy atom. The van der Waals surface area contributed by atoms with Crippen LogP contribution in [0.5, 0.6) is 0 Å². The fourth-order valence-corrected chi connectivity index (χ4v) is 2.32. The van der Waals surface area contributed by atoms with Gasteiger partial charge in [-0.3, -0.25) is 0 Å². The van der Waals surface area contributed by atoms with E-state index in [1.54, 1.807) is 6.07 Å². The van der Waals surface area contributed by atoms with Crippen molar-refractivity contribution in [2.75, 3.05) is 5.73 Å². The van der Waals surface area contributed by atoms with Crippen molar-refractivity contribution in [2.45, 2.75) is 9.79 Å². The predicted octanol–water partition coefficient (Wildman–Crippen LogP) is 4.32. The van der Waals surface area contributed by atoms with Gasteiger partial charge in [0.25, 0.3) is 0 Å². The van der Waals surface area contributed by atoms with Crippen LogP contribution in [0.25, 0.3) is 0 Å². The van der Waals surface area contributed by atoms with Crippen molar-refractivity contribution in [3.05, 3.63) is 52.8 Å². The summed E-state index contributed by atoms with van der Waals surface area (Å²) in [4.78, 5) is 1.90. The van der Waals surface area contributed by atoms with Gasteiger partial charge in [0.15, 0.2) is 0 Å². The fourth-order valence-electron chi connectivity index (χ4n) is 1.21. The fraction of sp³-hybridized carbons (Fsp3) is 0. The van der Waals surface area contributed by atoms with E-state index < -0.39 is 0 Å². The number of anilines is 1. The minimum absolute atomic E-state index is 0.181. The molecule has 0 saturated heterocycles. The molecule has 0 aliphatic carbocycles. The summed E-state index contributed by atoms with van der Waals surface area (Å²) in [5, 5.41) is 0. The van der Waals surface area contributed by atoms with E-state index in [0.29, 0.717) is 0 Å². The summed E-state index contributed by atoms with van der Waals surface area (Å²) in [7, 11) is 0. The third kappa shape index (κ3) is 2.77. The highest BCUT2D eigenvalue weighted by molar-refractivity contribution is 9.10. The second-order valence-electron chi connectivity index (χ2n) is 3.24. The Morgan fingerprint density at radius 2 is 1.62 bits per heavy atom. The summed E-state index contributed by atoms with van der Waals surface area (Å²) in [5.41, 5.74) is 5.59. The Labute approximate surface area is 106 Å². The summed E-state index contributed by atoms with van der Waals surface area (Å²) in [6, 6.07) is 12.7. The molecule has 0 amide bonds. The van der Waals surface area contributed by atoms with Gasteiger partial charge in [0.1, 0.15) is 5.82 Å². The molecule has 1 nitrogen and oxygen atoms in total. The highest BCUT2D eigenvalue weighted by atomic mass is 79.9. The van der Waals surface area contributed by atoms with Crippen LogP contribution in [0.3, 0.4) is 0 Å². The molecule has 0 aliphatic rings. The SMILES string of the molecule is Nc1ccc(Sc2ccc(Br)cc2)cc1F. The van der Waals surface area contributed by atoms with Gasteiger partial charge < -0.3 is 5.73 Å². The molecule has 0 aromatic heterocycles. The Bertz CT molecular complexity index is 499. The van der Waals surface area contributed by atoms with E-state index in [1.807, 2.05) is 30.3 Å². The average molecular weight is 298 g/mol. The number of benzene rings is 2. The standard InChI is InChI=1S/C12H9BrFNS/c13-8-1-3-9(4-2-8)16-10-5-6-12(15)11(14)7-10/h1-7H,15H2. The van der Waals surface area contributed by atoms with Gasteiger partial charge in [0.2, 0.25) is 0 Å². The van der Waals surface area contributed by atoms with Crippen molar-refractivity contribution in [1.29, 1.82) is 0 Å². The van der Waals surface area contributed by atoms with Crippen LogP contribution >= 0.6 is 27.7 Å². The molecule has 0 unspecified atom stereocenters. The normalized spacial score (nSPS) is 10.4. The first-order chi connectivity index (χ1) is 7.65. The van der Waals surface area contributed by atoms with Gasteiger partial charge in [-0.05, 0) is 42.5 Å². The van der Waals surface area contributed by atoms with Crippen LogP contribution in [0.2, 0.25) is 0 Å². The van der Waals surface area contributed by atoms with Crippen LogP contribution in [-0.4, -0.2) is 0 Å². The largest absolute Gasteiger partial charge is 0.396 e. The quantitative estimate of drug-likeness (QED) is 0.836.